The smallest absolute Gasteiger partial charge is 0.339 e. The number of thioether (sulfide) groups is 1. The number of nitrogens with zero attached hydrogens (tertiary/aromatic N) is 2. The van der Waals surface area contributed by atoms with Gasteiger partial charge in [-0.3, -0.25) is 0 Å². The third-order valence-corrected chi connectivity index (χ3v) is 4.62. The van der Waals surface area contributed by atoms with Gasteiger partial charge in [-0.05, 0) is 30.7 Å². The molecule has 0 spiro atoms. The second-order valence-electron chi connectivity index (χ2n) is 4.53. The monoisotopic (exact) mass is 262 g/mol. The Balaban J connectivity index is 1.94. The summed E-state index contributed by atoms with van der Waals surface area (Å²) in [4.78, 5) is 15.6. The Hall–Kier alpha value is -1.49. The molecule has 3 rings (SSSR count). The first-order valence-corrected chi connectivity index (χ1v) is 7.10. The molecule has 2 aromatic heterocycles. The highest BCUT2D eigenvalue weighted by atomic mass is 32.2. The summed E-state index contributed by atoms with van der Waals surface area (Å²) in [5.74, 6) is 0.311. The molecule has 0 radical (unpaired) electrons. The molecule has 1 N–H and O–H groups in total. The van der Waals surface area contributed by atoms with Gasteiger partial charge in [-0.2, -0.15) is 11.8 Å². The van der Waals surface area contributed by atoms with Gasteiger partial charge in [0.2, 0.25) is 0 Å². The number of aromatic nitrogens is 2. The third-order valence-electron chi connectivity index (χ3n) is 3.22. The molecule has 1 unspecified atom stereocenters. The molecule has 0 aromatic carbocycles. The lowest BCUT2D eigenvalue weighted by atomic mass is 10.2. The van der Waals surface area contributed by atoms with Crippen molar-refractivity contribution in [1.29, 1.82) is 0 Å². The minimum Gasteiger partial charge on any atom is -0.478 e. The molecule has 1 aliphatic heterocycles. The lowest BCUT2D eigenvalue weighted by Gasteiger charge is -2.03. The zero-order valence-corrected chi connectivity index (χ0v) is 10.7. The van der Waals surface area contributed by atoms with E-state index in [9.17, 15) is 4.79 Å². The maximum absolute atomic E-state index is 11.1. The molecule has 94 valence electrons. The van der Waals surface area contributed by atoms with Crippen molar-refractivity contribution in [2.75, 3.05) is 5.75 Å². The number of carboxylic acid groups (broad SMARTS) is 1. The minimum absolute atomic E-state index is 0.267. The van der Waals surface area contributed by atoms with Gasteiger partial charge in [0.25, 0.3) is 0 Å². The number of imidazole rings is 1. The largest absolute Gasteiger partial charge is 0.478 e. The standard InChI is InChI=1S/C13H14N2O2S/c16-13(17)11-4-1-5-15-8-9(14-12(11)15)7-10-3-2-6-18-10/h1,4-5,8,10H,2-3,6-7H2,(H,16,17). The van der Waals surface area contributed by atoms with Crippen molar-refractivity contribution in [3.05, 3.63) is 35.8 Å². The number of hydrogen-bond donors (Lipinski definition) is 1. The summed E-state index contributed by atoms with van der Waals surface area (Å²) < 4.78 is 1.80. The van der Waals surface area contributed by atoms with E-state index in [1.54, 1.807) is 16.5 Å². The van der Waals surface area contributed by atoms with Crippen molar-refractivity contribution in [3.63, 3.8) is 0 Å². The van der Waals surface area contributed by atoms with Crippen LogP contribution in [0.1, 0.15) is 28.9 Å². The predicted molar refractivity (Wildman–Crippen MR) is 71.3 cm³/mol. The van der Waals surface area contributed by atoms with E-state index in [-0.39, 0.29) is 5.56 Å². The minimum atomic E-state index is -0.923. The Labute approximate surface area is 109 Å². The first-order valence-electron chi connectivity index (χ1n) is 6.05. The molecule has 3 heterocycles. The zero-order valence-electron chi connectivity index (χ0n) is 9.87. The van der Waals surface area contributed by atoms with Crippen LogP contribution in [-0.2, 0) is 6.42 Å². The molecule has 0 saturated carbocycles. The molecular formula is C13H14N2O2S. The number of carbonyl (C=O) groups is 1. The van der Waals surface area contributed by atoms with E-state index < -0.39 is 5.97 Å². The fourth-order valence-corrected chi connectivity index (χ4v) is 3.66. The van der Waals surface area contributed by atoms with E-state index in [1.165, 1.54) is 18.6 Å². The van der Waals surface area contributed by atoms with E-state index in [0.29, 0.717) is 10.9 Å². The Morgan fingerprint density at radius 1 is 1.61 bits per heavy atom. The highest BCUT2D eigenvalue weighted by Crippen LogP contribution is 2.29. The molecule has 1 fully saturated rings. The Bertz CT molecular complexity index is 588. The third kappa shape index (κ3) is 2.10. The molecule has 1 saturated heterocycles. The lowest BCUT2D eigenvalue weighted by Crippen LogP contribution is -2.02. The topological polar surface area (TPSA) is 54.6 Å². The van der Waals surface area contributed by atoms with E-state index in [2.05, 4.69) is 4.98 Å². The van der Waals surface area contributed by atoms with Crippen LogP contribution in [0.25, 0.3) is 5.65 Å². The van der Waals surface area contributed by atoms with Crippen LogP contribution in [0, 0.1) is 0 Å². The average Bonchev–Trinajstić information content (AvgIpc) is 2.96. The van der Waals surface area contributed by atoms with Crippen molar-refractivity contribution in [1.82, 2.24) is 9.38 Å². The number of aromatic carboxylic acids is 1. The van der Waals surface area contributed by atoms with Gasteiger partial charge in [-0.15, -0.1) is 0 Å². The van der Waals surface area contributed by atoms with Gasteiger partial charge in [0.15, 0.2) is 5.65 Å². The summed E-state index contributed by atoms with van der Waals surface area (Å²) in [6.07, 6.45) is 7.25. The summed E-state index contributed by atoms with van der Waals surface area (Å²) in [6, 6.07) is 3.34. The summed E-state index contributed by atoms with van der Waals surface area (Å²) in [7, 11) is 0. The maximum Gasteiger partial charge on any atom is 0.339 e. The maximum atomic E-state index is 11.1. The van der Waals surface area contributed by atoms with Gasteiger partial charge >= 0.3 is 5.97 Å². The van der Waals surface area contributed by atoms with E-state index in [0.717, 1.165) is 12.1 Å². The summed E-state index contributed by atoms with van der Waals surface area (Å²) >= 11 is 1.99. The summed E-state index contributed by atoms with van der Waals surface area (Å²) in [5.41, 5.74) is 1.80. The number of rotatable bonds is 3. The first kappa shape index (κ1) is 11.6. The Kier molecular flexibility index (Phi) is 2.99. The normalized spacial score (nSPS) is 19.4. The van der Waals surface area contributed by atoms with E-state index in [4.69, 9.17) is 5.11 Å². The number of pyridine rings is 1. The second kappa shape index (κ2) is 4.65. The molecule has 1 aliphatic rings. The van der Waals surface area contributed by atoms with Crippen molar-refractivity contribution >= 4 is 23.4 Å². The molecule has 5 heteroatoms. The molecule has 0 bridgehead atoms. The average molecular weight is 262 g/mol. The zero-order chi connectivity index (χ0) is 12.5. The molecule has 1 atom stereocenters. The van der Waals surface area contributed by atoms with Crippen LogP contribution in [0.2, 0.25) is 0 Å². The first-order chi connectivity index (χ1) is 8.74. The van der Waals surface area contributed by atoms with Crippen molar-refractivity contribution < 1.29 is 9.90 Å². The van der Waals surface area contributed by atoms with Gasteiger partial charge in [0, 0.05) is 24.1 Å². The molecule has 18 heavy (non-hydrogen) atoms. The van der Waals surface area contributed by atoms with Crippen LogP contribution >= 0.6 is 11.8 Å². The van der Waals surface area contributed by atoms with Crippen LogP contribution in [0.3, 0.4) is 0 Å². The van der Waals surface area contributed by atoms with Gasteiger partial charge in [0.05, 0.1) is 5.69 Å². The predicted octanol–water partition coefficient (Wildman–Crippen LogP) is 2.47. The molecule has 0 amide bonds. The van der Waals surface area contributed by atoms with Gasteiger partial charge < -0.3 is 9.51 Å². The number of carboxylic acids is 1. The van der Waals surface area contributed by atoms with Crippen LogP contribution < -0.4 is 0 Å². The van der Waals surface area contributed by atoms with Crippen molar-refractivity contribution in [2.45, 2.75) is 24.5 Å². The fraction of sp³-hybridized carbons (Fsp3) is 0.385. The van der Waals surface area contributed by atoms with Crippen LogP contribution in [0.15, 0.2) is 24.5 Å². The molecular weight excluding hydrogens is 248 g/mol. The number of hydrogen-bond acceptors (Lipinski definition) is 3. The van der Waals surface area contributed by atoms with Gasteiger partial charge in [-0.1, -0.05) is 0 Å². The summed E-state index contributed by atoms with van der Waals surface area (Å²) in [5, 5.41) is 9.76. The van der Waals surface area contributed by atoms with Crippen LogP contribution in [0.4, 0.5) is 0 Å². The van der Waals surface area contributed by atoms with Crippen molar-refractivity contribution in [2.24, 2.45) is 0 Å². The van der Waals surface area contributed by atoms with Crippen LogP contribution in [0.5, 0.6) is 0 Å². The van der Waals surface area contributed by atoms with E-state index >= 15 is 0 Å². The second-order valence-corrected chi connectivity index (χ2v) is 5.94. The van der Waals surface area contributed by atoms with Crippen molar-refractivity contribution in [3.8, 4) is 0 Å². The molecule has 4 nitrogen and oxygen atoms in total. The highest BCUT2D eigenvalue weighted by molar-refractivity contribution is 8.00. The van der Waals surface area contributed by atoms with Crippen LogP contribution in [-0.4, -0.2) is 31.5 Å². The van der Waals surface area contributed by atoms with Gasteiger partial charge in [0.1, 0.15) is 5.56 Å². The quantitative estimate of drug-likeness (QED) is 0.923. The van der Waals surface area contributed by atoms with Gasteiger partial charge in [-0.25, -0.2) is 9.78 Å². The Morgan fingerprint density at radius 2 is 2.50 bits per heavy atom. The Morgan fingerprint density at radius 3 is 3.22 bits per heavy atom. The lowest BCUT2D eigenvalue weighted by molar-refractivity contribution is 0.0698. The molecule has 2 aromatic rings. The fourth-order valence-electron chi connectivity index (χ4n) is 2.37. The highest BCUT2D eigenvalue weighted by Gasteiger charge is 2.18. The van der Waals surface area contributed by atoms with E-state index in [1.807, 2.05) is 24.2 Å². The molecule has 0 aliphatic carbocycles. The SMILES string of the molecule is O=C(O)c1cccn2cc(CC3CCCS3)nc12. The summed E-state index contributed by atoms with van der Waals surface area (Å²) in [6.45, 7) is 0. The number of fused-ring (bicyclic) bond motifs is 1.